The molecule has 1 heteroatoms. The molecule has 0 aromatic rings. The molecule has 0 aromatic carbocycles. The Morgan fingerprint density at radius 3 is 1.88 bits per heavy atom. The monoisotopic (exact) mass is 238 g/mol. The number of rotatable bonds is 12. The molecular weight excluding hydrogens is 208 g/mol. The second-order valence-corrected chi connectivity index (χ2v) is 4.84. The first-order valence-electron chi connectivity index (χ1n) is 7.50. The number of carbonyl (C=O) groups excluding carboxylic acids is 1. The molecule has 0 bridgehead atoms. The first-order chi connectivity index (χ1) is 8.31. The quantitative estimate of drug-likeness (QED) is 0.327. The maximum Gasteiger partial charge on any atom is 0.155 e. The van der Waals surface area contributed by atoms with Gasteiger partial charge in [-0.2, -0.15) is 0 Å². The molecular formula is C16H30O. The summed E-state index contributed by atoms with van der Waals surface area (Å²) in [5, 5.41) is 0. The Hall–Kier alpha value is -0.590. The molecule has 0 spiro atoms. The van der Waals surface area contributed by atoms with E-state index in [0.717, 1.165) is 6.42 Å². The van der Waals surface area contributed by atoms with Gasteiger partial charge in [0.2, 0.25) is 0 Å². The van der Waals surface area contributed by atoms with Crippen molar-refractivity contribution in [1.29, 1.82) is 0 Å². The summed E-state index contributed by atoms with van der Waals surface area (Å²) in [5.74, 6) is 0.251. The number of allylic oxidation sites excluding steroid dienone is 2. The molecule has 17 heavy (non-hydrogen) atoms. The van der Waals surface area contributed by atoms with Crippen LogP contribution in [0.5, 0.6) is 0 Å². The summed E-state index contributed by atoms with van der Waals surface area (Å²) in [7, 11) is 0. The lowest BCUT2D eigenvalue weighted by Gasteiger charge is -2.00. The number of ketones is 1. The van der Waals surface area contributed by atoms with Crippen LogP contribution in [0.4, 0.5) is 0 Å². The molecule has 0 fully saturated rings. The van der Waals surface area contributed by atoms with Crippen LogP contribution in [0, 0.1) is 0 Å². The predicted octanol–water partition coefficient (Wildman–Crippen LogP) is 5.44. The van der Waals surface area contributed by atoms with Crippen LogP contribution in [0.2, 0.25) is 0 Å². The molecule has 0 saturated heterocycles. The van der Waals surface area contributed by atoms with E-state index in [0.29, 0.717) is 6.42 Å². The van der Waals surface area contributed by atoms with Gasteiger partial charge in [0.05, 0.1) is 0 Å². The van der Waals surface area contributed by atoms with Crippen molar-refractivity contribution >= 4 is 5.78 Å². The van der Waals surface area contributed by atoms with Gasteiger partial charge in [-0.15, -0.1) is 0 Å². The summed E-state index contributed by atoms with van der Waals surface area (Å²) in [4.78, 5) is 11.0. The van der Waals surface area contributed by atoms with Gasteiger partial charge >= 0.3 is 0 Å². The van der Waals surface area contributed by atoms with Gasteiger partial charge in [-0.05, 0) is 18.9 Å². The normalized spacial score (nSPS) is 11.2. The van der Waals surface area contributed by atoms with Crippen LogP contribution in [-0.4, -0.2) is 5.78 Å². The predicted molar refractivity (Wildman–Crippen MR) is 76.3 cm³/mol. The Kier molecular flexibility index (Phi) is 13.0. The van der Waals surface area contributed by atoms with E-state index in [1.165, 1.54) is 57.8 Å². The van der Waals surface area contributed by atoms with E-state index in [1.54, 1.807) is 6.08 Å². The molecule has 0 aliphatic rings. The first kappa shape index (κ1) is 16.4. The van der Waals surface area contributed by atoms with Crippen molar-refractivity contribution in [1.82, 2.24) is 0 Å². The van der Waals surface area contributed by atoms with Crippen LogP contribution < -0.4 is 0 Å². The lowest BCUT2D eigenvalue weighted by Crippen LogP contribution is -1.86. The molecule has 0 aliphatic carbocycles. The topological polar surface area (TPSA) is 17.1 Å². The van der Waals surface area contributed by atoms with Crippen molar-refractivity contribution < 1.29 is 4.79 Å². The highest BCUT2D eigenvalue weighted by atomic mass is 16.1. The molecule has 0 unspecified atom stereocenters. The summed E-state index contributed by atoms with van der Waals surface area (Å²) in [5.41, 5.74) is 0. The second-order valence-electron chi connectivity index (χ2n) is 4.84. The highest BCUT2D eigenvalue weighted by Gasteiger charge is 1.92. The molecule has 0 amide bonds. The van der Waals surface area contributed by atoms with Crippen LogP contribution >= 0.6 is 0 Å². The summed E-state index contributed by atoms with van der Waals surface area (Å²) >= 11 is 0. The van der Waals surface area contributed by atoms with Crippen LogP contribution in [-0.2, 0) is 4.79 Å². The molecule has 0 aliphatic heterocycles. The number of hydrogen-bond acceptors (Lipinski definition) is 1. The Labute approximate surface area is 108 Å². The summed E-state index contributed by atoms with van der Waals surface area (Å²) in [6, 6.07) is 0. The van der Waals surface area contributed by atoms with E-state index in [4.69, 9.17) is 0 Å². The van der Waals surface area contributed by atoms with Gasteiger partial charge in [-0.3, -0.25) is 4.79 Å². The van der Waals surface area contributed by atoms with Gasteiger partial charge < -0.3 is 0 Å². The zero-order valence-corrected chi connectivity index (χ0v) is 11.8. The van der Waals surface area contributed by atoms with Crippen molar-refractivity contribution in [2.45, 2.75) is 84.5 Å². The van der Waals surface area contributed by atoms with Crippen molar-refractivity contribution in [3.63, 3.8) is 0 Å². The van der Waals surface area contributed by atoms with Crippen molar-refractivity contribution in [2.24, 2.45) is 0 Å². The standard InChI is InChI=1S/C16H30O/c1-3-5-6-7-8-9-10-11-12-13-14-15-16(17)4-2/h14-15H,3-13H2,1-2H3. The SMILES string of the molecule is CCCCCCCCCCCC=CC(=O)CC. The van der Waals surface area contributed by atoms with E-state index in [9.17, 15) is 4.79 Å². The Balaban J connectivity index is 3.08. The van der Waals surface area contributed by atoms with Gasteiger partial charge in [0, 0.05) is 6.42 Å². The van der Waals surface area contributed by atoms with Crippen molar-refractivity contribution in [2.75, 3.05) is 0 Å². The molecule has 0 radical (unpaired) electrons. The van der Waals surface area contributed by atoms with Crippen LogP contribution in [0.25, 0.3) is 0 Å². The largest absolute Gasteiger partial charge is 0.295 e. The van der Waals surface area contributed by atoms with E-state index in [-0.39, 0.29) is 5.78 Å². The maximum absolute atomic E-state index is 11.0. The average molecular weight is 238 g/mol. The van der Waals surface area contributed by atoms with Gasteiger partial charge in [-0.25, -0.2) is 0 Å². The molecule has 0 rings (SSSR count). The van der Waals surface area contributed by atoms with Crippen LogP contribution in [0.1, 0.15) is 84.5 Å². The number of hydrogen-bond donors (Lipinski definition) is 0. The third-order valence-electron chi connectivity index (χ3n) is 3.13. The van der Waals surface area contributed by atoms with Crippen molar-refractivity contribution in [3.8, 4) is 0 Å². The highest BCUT2D eigenvalue weighted by Crippen LogP contribution is 2.10. The fraction of sp³-hybridized carbons (Fsp3) is 0.812. The lowest BCUT2D eigenvalue weighted by molar-refractivity contribution is -0.114. The second kappa shape index (κ2) is 13.5. The van der Waals surface area contributed by atoms with Crippen LogP contribution in [0.15, 0.2) is 12.2 Å². The van der Waals surface area contributed by atoms with E-state index in [2.05, 4.69) is 6.92 Å². The fourth-order valence-corrected chi connectivity index (χ4v) is 1.91. The molecule has 0 heterocycles. The molecule has 0 aromatic heterocycles. The zero-order chi connectivity index (χ0) is 12.8. The van der Waals surface area contributed by atoms with E-state index < -0.39 is 0 Å². The molecule has 0 saturated carbocycles. The minimum atomic E-state index is 0.251. The number of unbranched alkanes of at least 4 members (excludes halogenated alkanes) is 9. The first-order valence-corrected chi connectivity index (χ1v) is 7.50. The Morgan fingerprint density at radius 1 is 0.824 bits per heavy atom. The summed E-state index contributed by atoms with van der Waals surface area (Å²) < 4.78 is 0. The van der Waals surface area contributed by atoms with E-state index >= 15 is 0 Å². The van der Waals surface area contributed by atoms with Gasteiger partial charge in [0.1, 0.15) is 0 Å². The van der Waals surface area contributed by atoms with Crippen LogP contribution in [0.3, 0.4) is 0 Å². The molecule has 0 N–H and O–H groups in total. The molecule has 1 nitrogen and oxygen atoms in total. The minimum Gasteiger partial charge on any atom is -0.295 e. The lowest BCUT2D eigenvalue weighted by atomic mass is 10.1. The fourth-order valence-electron chi connectivity index (χ4n) is 1.91. The van der Waals surface area contributed by atoms with Gasteiger partial charge in [-0.1, -0.05) is 71.3 Å². The third kappa shape index (κ3) is 13.3. The van der Waals surface area contributed by atoms with Crippen molar-refractivity contribution in [3.05, 3.63) is 12.2 Å². The highest BCUT2D eigenvalue weighted by molar-refractivity contribution is 5.89. The Bertz CT molecular complexity index is 194. The maximum atomic E-state index is 11.0. The summed E-state index contributed by atoms with van der Waals surface area (Å²) in [6.07, 6.45) is 17.8. The third-order valence-corrected chi connectivity index (χ3v) is 3.13. The molecule has 100 valence electrons. The average Bonchev–Trinajstić information content (AvgIpc) is 2.35. The Morgan fingerprint density at radius 2 is 1.35 bits per heavy atom. The smallest absolute Gasteiger partial charge is 0.155 e. The molecule has 0 atom stereocenters. The zero-order valence-electron chi connectivity index (χ0n) is 11.8. The van der Waals surface area contributed by atoms with E-state index in [1.807, 2.05) is 13.0 Å². The van der Waals surface area contributed by atoms with Gasteiger partial charge in [0.25, 0.3) is 0 Å². The number of carbonyl (C=O) groups is 1. The van der Waals surface area contributed by atoms with Gasteiger partial charge in [0.15, 0.2) is 5.78 Å². The summed E-state index contributed by atoms with van der Waals surface area (Å²) in [6.45, 7) is 4.17. The minimum absolute atomic E-state index is 0.251.